The Balaban J connectivity index is 2.11. The molecule has 0 bridgehead atoms. The first-order chi connectivity index (χ1) is 8.83. The Morgan fingerprint density at radius 3 is 3.06 bits per heavy atom. The summed E-state index contributed by atoms with van der Waals surface area (Å²) in [6.07, 6.45) is 2.00. The van der Waals surface area contributed by atoms with E-state index in [4.69, 9.17) is 5.26 Å². The van der Waals surface area contributed by atoms with Gasteiger partial charge in [0, 0.05) is 12.0 Å². The van der Waals surface area contributed by atoms with Gasteiger partial charge in [-0.2, -0.15) is 5.26 Å². The molecule has 2 aromatic rings. The normalized spacial score (nSPS) is 10.2. The molecule has 0 unspecified atom stereocenters. The number of nitrogens with zero attached hydrogens (tertiary/aromatic N) is 3. The van der Waals surface area contributed by atoms with E-state index < -0.39 is 0 Å². The summed E-state index contributed by atoms with van der Waals surface area (Å²) in [5.41, 5.74) is 1.62. The number of aromatic nitrogens is 2. The van der Waals surface area contributed by atoms with Crippen LogP contribution in [0.1, 0.15) is 17.0 Å². The highest BCUT2D eigenvalue weighted by Crippen LogP contribution is 2.24. The van der Waals surface area contributed by atoms with Gasteiger partial charge in [0.05, 0.1) is 11.6 Å². The average Bonchev–Trinajstić information content (AvgIpc) is 2.88. The van der Waals surface area contributed by atoms with E-state index in [1.54, 1.807) is 17.4 Å². The minimum Gasteiger partial charge on any atom is -0.320 e. The van der Waals surface area contributed by atoms with Gasteiger partial charge in [-0.25, -0.2) is 0 Å². The number of nitriles is 1. The second kappa shape index (κ2) is 6.24. The van der Waals surface area contributed by atoms with Crippen molar-refractivity contribution in [3.63, 3.8) is 0 Å². The van der Waals surface area contributed by atoms with Gasteiger partial charge in [-0.15, -0.1) is 10.2 Å². The van der Waals surface area contributed by atoms with Gasteiger partial charge in [0.25, 0.3) is 0 Å². The zero-order valence-corrected chi connectivity index (χ0v) is 11.0. The van der Waals surface area contributed by atoms with Gasteiger partial charge in [-0.1, -0.05) is 23.5 Å². The van der Waals surface area contributed by atoms with Crippen LogP contribution >= 0.6 is 11.3 Å². The van der Waals surface area contributed by atoms with Crippen molar-refractivity contribution in [3.8, 4) is 16.6 Å². The molecule has 1 heterocycles. The molecule has 5 heteroatoms. The summed E-state index contributed by atoms with van der Waals surface area (Å²) in [4.78, 5) is 0. The van der Waals surface area contributed by atoms with Gasteiger partial charge in [0.2, 0.25) is 0 Å². The Kier molecular flexibility index (Phi) is 4.40. The van der Waals surface area contributed by atoms with Crippen molar-refractivity contribution in [3.05, 3.63) is 34.8 Å². The molecule has 0 radical (unpaired) electrons. The summed E-state index contributed by atoms with van der Waals surface area (Å²) in [6, 6.07) is 9.60. The van der Waals surface area contributed by atoms with Crippen LogP contribution in [0.2, 0.25) is 0 Å². The summed E-state index contributed by atoms with van der Waals surface area (Å²) in [7, 11) is 1.94. The van der Waals surface area contributed by atoms with Gasteiger partial charge in [-0.3, -0.25) is 0 Å². The zero-order valence-electron chi connectivity index (χ0n) is 10.2. The molecule has 0 saturated carbocycles. The minimum absolute atomic E-state index is 0.652. The standard InChI is InChI=1S/C13H14N4S/c1-15-7-3-6-12-16-17-13(18-12)11-5-2-4-10(8-11)9-14/h2,4-5,8,15H,3,6-7H2,1H3. The summed E-state index contributed by atoms with van der Waals surface area (Å²) >= 11 is 1.60. The Morgan fingerprint density at radius 1 is 1.39 bits per heavy atom. The molecule has 0 aliphatic carbocycles. The summed E-state index contributed by atoms with van der Waals surface area (Å²) in [6.45, 7) is 0.985. The van der Waals surface area contributed by atoms with Crippen LogP contribution in [-0.4, -0.2) is 23.8 Å². The second-order valence-electron chi connectivity index (χ2n) is 3.90. The third-order valence-electron chi connectivity index (χ3n) is 2.52. The number of nitrogens with one attached hydrogen (secondary N) is 1. The third kappa shape index (κ3) is 3.13. The van der Waals surface area contributed by atoms with Crippen molar-refractivity contribution >= 4 is 11.3 Å². The molecule has 18 heavy (non-hydrogen) atoms. The van der Waals surface area contributed by atoms with Crippen LogP contribution in [0.5, 0.6) is 0 Å². The van der Waals surface area contributed by atoms with Crippen LogP contribution in [-0.2, 0) is 6.42 Å². The summed E-state index contributed by atoms with van der Waals surface area (Å²) in [5.74, 6) is 0. The van der Waals surface area contributed by atoms with Gasteiger partial charge >= 0.3 is 0 Å². The van der Waals surface area contributed by atoms with E-state index >= 15 is 0 Å². The topological polar surface area (TPSA) is 61.6 Å². The van der Waals surface area contributed by atoms with Crippen LogP contribution in [0.3, 0.4) is 0 Å². The van der Waals surface area contributed by atoms with Crippen molar-refractivity contribution in [1.82, 2.24) is 15.5 Å². The number of rotatable bonds is 5. The molecule has 2 rings (SSSR count). The maximum Gasteiger partial charge on any atom is 0.147 e. The third-order valence-corrected chi connectivity index (χ3v) is 3.55. The fourth-order valence-corrected chi connectivity index (χ4v) is 2.49. The molecule has 0 aliphatic rings. The van der Waals surface area contributed by atoms with Gasteiger partial charge in [0.1, 0.15) is 10.0 Å². The van der Waals surface area contributed by atoms with E-state index in [1.165, 1.54) is 0 Å². The van der Waals surface area contributed by atoms with Crippen LogP contribution in [0.15, 0.2) is 24.3 Å². The van der Waals surface area contributed by atoms with Crippen molar-refractivity contribution in [2.45, 2.75) is 12.8 Å². The lowest BCUT2D eigenvalue weighted by Crippen LogP contribution is -2.08. The largest absolute Gasteiger partial charge is 0.320 e. The summed E-state index contributed by atoms with van der Waals surface area (Å²) < 4.78 is 0. The lowest BCUT2D eigenvalue weighted by atomic mass is 10.1. The maximum atomic E-state index is 8.87. The SMILES string of the molecule is CNCCCc1nnc(-c2cccc(C#N)c2)s1. The molecule has 4 nitrogen and oxygen atoms in total. The number of hydrogen-bond donors (Lipinski definition) is 1. The zero-order chi connectivity index (χ0) is 12.8. The quantitative estimate of drug-likeness (QED) is 0.835. The Morgan fingerprint density at radius 2 is 2.28 bits per heavy atom. The maximum absolute atomic E-state index is 8.87. The second-order valence-corrected chi connectivity index (χ2v) is 4.96. The minimum atomic E-state index is 0.652. The number of hydrogen-bond acceptors (Lipinski definition) is 5. The molecule has 0 atom stereocenters. The number of benzene rings is 1. The van der Waals surface area contributed by atoms with Crippen LogP contribution in [0, 0.1) is 11.3 Å². The Labute approximate surface area is 110 Å². The molecule has 0 fully saturated rings. The first-order valence-electron chi connectivity index (χ1n) is 5.81. The van der Waals surface area contributed by atoms with Crippen LogP contribution < -0.4 is 5.32 Å². The molecular weight excluding hydrogens is 244 g/mol. The summed E-state index contributed by atoms with van der Waals surface area (Å²) in [5, 5.41) is 22.3. The van der Waals surface area contributed by atoms with E-state index in [9.17, 15) is 0 Å². The Hall–Kier alpha value is -1.77. The van der Waals surface area contributed by atoms with Crippen molar-refractivity contribution in [2.24, 2.45) is 0 Å². The fourth-order valence-electron chi connectivity index (χ4n) is 1.61. The molecule has 1 aromatic carbocycles. The molecule has 1 aromatic heterocycles. The monoisotopic (exact) mass is 258 g/mol. The molecule has 92 valence electrons. The van der Waals surface area contributed by atoms with Gasteiger partial charge in [0.15, 0.2) is 0 Å². The van der Waals surface area contributed by atoms with E-state index in [2.05, 4.69) is 21.6 Å². The number of aryl methyl sites for hydroxylation is 1. The first kappa shape index (κ1) is 12.7. The van der Waals surface area contributed by atoms with E-state index in [0.717, 1.165) is 35.0 Å². The van der Waals surface area contributed by atoms with Crippen LogP contribution in [0.25, 0.3) is 10.6 Å². The fraction of sp³-hybridized carbons (Fsp3) is 0.308. The lowest BCUT2D eigenvalue weighted by molar-refractivity contribution is 0.718. The van der Waals surface area contributed by atoms with Crippen molar-refractivity contribution < 1.29 is 0 Å². The van der Waals surface area contributed by atoms with E-state index in [0.29, 0.717) is 5.56 Å². The van der Waals surface area contributed by atoms with Gasteiger partial charge < -0.3 is 5.32 Å². The van der Waals surface area contributed by atoms with Crippen molar-refractivity contribution in [2.75, 3.05) is 13.6 Å². The molecular formula is C13H14N4S. The highest BCUT2D eigenvalue weighted by atomic mass is 32.1. The molecule has 0 amide bonds. The molecule has 0 saturated heterocycles. The molecule has 1 N–H and O–H groups in total. The molecule has 0 spiro atoms. The van der Waals surface area contributed by atoms with E-state index in [-0.39, 0.29) is 0 Å². The smallest absolute Gasteiger partial charge is 0.147 e. The highest BCUT2D eigenvalue weighted by molar-refractivity contribution is 7.14. The van der Waals surface area contributed by atoms with Gasteiger partial charge in [-0.05, 0) is 32.1 Å². The highest BCUT2D eigenvalue weighted by Gasteiger charge is 2.06. The first-order valence-corrected chi connectivity index (χ1v) is 6.62. The van der Waals surface area contributed by atoms with Crippen molar-refractivity contribution in [1.29, 1.82) is 5.26 Å². The van der Waals surface area contributed by atoms with Crippen LogP contribution in [0.4, 0.5) is 0 Å². The predicted octanol–water partition coefficient (Wildman–Crippen LogP) is 2.23. The Bertz CT molecular complexity index is 556. The average molecular weight is 258 g/mol. The van der Waals surface area contributed by atoms with E-state index in [1.807, 2.05) is 25.2 Å². The molecule has 0 aliphatic heterocycles. The lowest BCUT2D eigenvalue weighted by Gasteiger charge is -1.95. The predicted molar refractivity (Wildman–Crippen MR) is 72.3 cm³/mol.